The van der Waals surface area contributed by atoms with E-state index >= 15 is 0 Å². The number of hydrogen-bond donors (Lipinski definition) is 0. The molecule has 0 amide bonds. The van der Waals surface area contributed by atoms with E-state index in [1.807, 2.05) is 0 Å². The minimum absolute atomic E-state index is 0.000500. The predicted octanol–water partition coefficient (Wildman–Crippen LogP) is 10.8. The van der Waals surface area contributed by atoms with Gasteiger partial charge in [0.15, 0.2) is 5.82 Å². The molecule has 2 aromatic heterocycles. The highest BCUT2D eigenvalue weighted by Crippen LogP contribution is 2.53. The molecular weight excluding hydrogens is 581 g/mol. The van der Waals surface area contributed by atoms with E-state index < -0.39 is 0 Å². The van der Waals surface area contributed by atoms with Crippen LogP contribution in [0.2, 0.25) is 0 Å². The Morgan fingerprint density at radius 1 is 0.565 bits per heavy atom. The van der Waals surface area contributed by atoms with Gasteiger partial charge in [-0.15, -0.1) is 11.3 Å². The van der Waals surface area contributed by atoms with Crippen molar-refractivity contribution >= 4 is 64.3 Å². The number of benzene rings is 6. The van der Waals surface area contributed by atoms with E-state index in [1.165, 1.54) is 42.9 Å². The topological polar surface area (TPSA) is 35.0 Å². The third kappa shape index (κ3) is 3.90. The fourth-order valence-electron chi connectivity index (χ4n) is 7.26. The maximum absolute atomic E-state index is 6.97. The van der Waals surface area contributed by atoms with Gasteiger partial charge >= 0.3 is 0 Å². The maximum Gasteiger partial charge on any atom is 0.160 e. The molecule has 0 radical (unpaired) electrons. The predicted molar refractivity (Wildman–Crippen MR) is 191 cm³/mol. The Morgan fingerprint density at radius 3 is 2.11 bits per heavy atom. The van der Waals surface area contributed by atoms with Gasteiger partial charge in [0.1, 0.15) is 11.9 Å². The number of thiophene rings is 1. The summed E-state index contributed by atoms with van der Waals surface area (Å²) in [4.78, 5) is 10.6. The summed E-state index contributed by atoms with van der Waals surface area (Å²) in [6.07, 6.45) is 4.21. The van der Waals surface area contributed by atoms with Gasteiger partial charge in [-0.25, -0.2) is 9.97 Å². The standard InChI is InChI=1S/C42H26N2OS/c1-2-11-26(12-3-1)38-41-39(32-16-8-9-17-36(32)46-41)44-42(43-38)33-21-20-31(30-19-18-25-10-4-5-13-27(25)22-30)37-34-23-28-14-6-7-15-29(28)24-35(34)45-40(33)37/h1-24,37,40H. The second kappa shape index (κ2) is 9.96. The lowest BCUT2D eigenvalue weighted by atomic mass is 9.77. The van der Waals surface area contributed by atoms with Crippen molar-refractivity contribution in [3.8, 4) is 17.0 Å². The van der Waals surface area contributed by atoms with Gasteiger partial charge in [0.05, 0.1) is 21.8 Å². The van der Waals surface area contributed by atoms with E-state index in [4.69, 9.17) is 14.7 Å². The SMILES string of the molecule is C1=C(c2nc(-c3ccccc3)c3sc4ccccc4c3n2)C2Oc3cc4ccccc4cc3C2C(c2ccc3ccccc3c2)=C1. The third-order valence-electron chi connectivity index (χ3n) is 9.46. The largest absolute Gasteiger partial charge is 0.484 e. The van der Waals surface area contributed by atoms with Gasteiger partial charge in [0.25, 0.3) is 0 Å². The van der Waals surface area contributed by atoms with Gasteiger partial charge in [0, 0.05) is 26.8 Å². The minimum Gasteiger partial charge on any atom is -0.484 e. The molecule has 0 fully saturated rings. The van der Waals surface area contributed by atoms with Crippen LogP contribution in [0.4, 0.5) is 0 Å². The Kier molecular flexibility index (Phi) is 5.57. The molecule has 3 heterocycles. The number of fused-ring (bicyclic) bond motifs is 8. The van der Waals surface area contributed by atoms with Crippen LogP contribution in [0.3, 0.4) is 0 Å². The number of aromatic nitrogens is 2. The summed E-state index contributed by atoms with van der Waals surface area (Å²) in [6.45, 7) is 0. The normalized spacial score (nSPS) is 17.1. The van der Waals surface area contributed by atoms with E-state index in [2.05, 4.69) is 146 Å². The van der Waals surface area contributed by atoms with Gasteiger partial charge in [-0.05, 0) is 56.9 Å². The molecule has 1 aliphatic heterocycles. The van der Waals surface area contributed by atoms with E-state index in [0.717, 1.165) is 44.0 Å². The summed E-state index contributed by atoms with van der Waals surface area (Å²) in [5.74, 6) is 1.65. The van der Waals surface area contributed by atoms with Crippen LogP contribution in [-0.4, -0.2) is 16.1 Å². The lowest BCUT2D eigenvalue weighted by Gasteiger charge is -2.28. The molecule has 216 valence electrons. The zero-order chi connectivity index (χ0) is 30.2. The van der Waals surface area contributed by atoms with Gasteiger partial charge < -0.3 is 4.74 Å². The molecule has 3 nitrogen and oxygen atoms in total. The molecule has 0 saturated carbocycles. The first-order valence-electron chi connectivity index (χ1n) is 15.6. The first kappa shape index (κ1) is 25.7. The number of ether oxygens (including phenoxy) is 1. The Hall–Kier alpha value is -5.58. The van der Waals surface area contributed by atoms with Crippen molar-refractivity contribution in [1.82, 2.24) is 9.97 Å². The van der Waals surface area contributed by atoms with Crippen molar-refractivity contribution in [2.75, 3.05) is 0 Å². The van der Waals surface area contributed by atoms with Crippen molar-refractivity contribution in [2.24, 2.45) is 0 Å². The van der Waals surface area contributed by atoms with Gasteiger partial charge in [-0.1, -0.05) is 121 Å². The summed E-state index contributed by atoms with van der Waals surface area (Å²) in [5, 5.41) is 6.02. The van der Waals surface area contributed by atoms with Crippen LogP contribution < -0.4 is 4.74 Å². The van der Waals surface area contributed by atoms with Gasteiger partial charge in [0.2, 0.25) is 0 Å². The Bertz CT molecular complexity index is 2580. The second-order valence-corrected chi connectivity index (χ2v) is 13.1. The average molecular weight is 607 g/mol. The molecule has 1 aliphatic carbocycles. The van der Waals surface area contributed by atoms with E-state index in [1.54, 1.807) is 11.3 Å². The Balaban J connectivity index is 1.22. The summed E-state index contributed by atoms with van der Waals surface area (Å²) < 4.78 is 9.29. The van der Waals surface area contributed by atoms with Gasteiger partial charge in [-0.2, -0.15) is 0 Å². The fourth-order valence-corrected chi connectivity index (χ4v) is 8.41. The summed E-state index contributed by atoms with van der Waals surface area (Å²) in [6, 6.07) is 47.4. The molecule has 4 heteroatoms. The molecule has 0 N–H and O–H groups in total. The molecule has 0 saturated heterocycles. The lowest BCUT2D eigenvalue weighted by Crippen LogP contribution is -2.25. The van der Waals surface area contributed by atoms with Crippen molar-refractivity contribution in [3.05, 3.63) is 163 Å². The van der Waals surface area contributed by atoms with Gasteiger partial charge in [-0.3, -0.25) is 0 Å². The van der Waals surface area contributed by atoms with Crippen molar-refractivity contribution in [2.45, 2.75) is 12.0 Å². The van der Waals surface area contributed by atoms with Crippen LogP contribution in [-0.2, 0) is 0 Å². The first-order chi connectivity index (χ1) is 22.8. The molecule has 6 aromatic carbocycles. The summed E-state index contributed by atoms with van der Waals surface area (Å²) >= 11 is 1.76. The highest BCUT2D eigenvalue weighted by Gasteiger charge is 2.43. The average Bonchev–Trinajstić information content (AvgIpc) is 3.68. The molecule has 0 spiro atoms. The fraction of sp³-hybridized carbons (Fsp3) is 0.0476. The third-order valence-corrected chi connectivity index (χ3v) is 10.6. The number of nitrogens with zero attached hydrogens (tertiary/aromatic N) is 2. The van der Waals surface area contributed by atoms with Crippen LogP contribution in [0.15, 0.2) is 146 Å². The second-order valence-electron chi connectivity index (χ2n) is 12.1. The maximum atomic E-state index is 6.97. The van der Waals surface area contributed by atoms with Crippen molar-refractivity contribution < 1.29 is 4.74 Å². The number of rotatable bonds is 3. The van der Waals surface area contributed by atoms with Crippen LogP contribution in [0, 0.1) is 0 Å². The zero-order valence-corrected chi connectivity index (χ0v) is 25.5. The van der Waals surface area contributed by atoms with Crippen LogP contribution in [0.5, 0.6) is 5.75 Å². The molecule has 0 bridgehead atoms. The van der Waals surface area contributed by atoms with E-state index in [9.17, 15) is 0 Å². The quantitative estimate of drug-likeness (QED) is 0.201. The lowest BCUT2D eigenvalue weighted by molar-refractivity contribution is 0.280. The molecule has 2 atom stereocenters. The molecule has 2 unspecified atom stereocenters. The molecule has 2 aliphatic rings. The van der Waals surface area contributed by atoms with Crippen LogP contribution >= 0.6 is 11.3 Å². The van der Waals surface area contributed by atoms with E-state index in [0.29, 0.717) is 0 Å². The first-order valence-corrected chi connectivity index (χ1v) is 16.5. The molecule has 10 rings (SSSR count). The molecular formula is C42H26N2OS. The highest BCUT2D eigenvalue weighted by molar-refractivity contribution is 7.26. The number of hydrogen-bond acceptors (Lipinski definition) is 4. The van der Waals surface area contributed by atoms with Crippen LogP contribution in [0.1, 0.15) is 22.9 Å². The van der Waals surface area contributed by atoms with E-state index in [-0.39, 0.29) is 12.0 Å². The smallest absolute Gasteiger partial charge is 0.160 e. The zero-order valence-electron chi connectivity index (χ0n) is 24.7. The molecule has 46 heavy (non-hydrogen) atoms. The number of allylic oxidation sites excluding steroid dienone is 2. The monoisotopic (exact) mass is 606 g/mol. The summed E-state index contributed by atoms with van der Waals surface area (Å²) in [5.41, 5.74) is 7.71. The van der Waals surface area contributed by atoms with Crippen molar-refractivity contribution in [3.63, 3.8) is 0 Å². The molecule has 8 aromatic rings. The minimum atomic E-state index is -0.260. The Morgan fingerprint density at radius 2 is 1.26 bits per heavy atom. The van der Waals surface area contributed by atoms with Crippen LogP contribution in [0.25, 0.3) is 64.3 Å². The summed E-state index contributed by atoms with van der Waals surface area (Å²) in [7, 11) is 0. The Labute approximate surface area is 269 Å². The highest BCUT2D eigenvalue weighted by atomic mass is 32.1. The van der Waals surface area contributed by atoms with Crippen molar-refractivity contribution in [1.29, 1.82) is 0 Å².